The molecule has 4 heteroatoms. The summed E-state index contributed by atoms with van der Waals surface area (Å²) in [5.74, 6) is -0.949. The Bertz CT molecular complexity index is 264. The average Bonchev–Trinajstić information content (AvgIpc) is 2.55. The van der Waals surface area contributed by atoms with Crippen molar-refractivity contribution >= 4 is 29.2 Å². The molecule has 66 valence electrons. The summed E-state index contributed by atoms with van der Waals surface area (Å²) >= 11 is 11.9. The Hall–Kier alpha value is -0.210. The Labute approximate surface area is 80.2 Å². The zero-order valence-electron chi connectivity index (χ0n) is 6.21. The van der Waals surface area contributed by atoms with E-state index in [2.05, 4.69) is 0 Å². The monoisotopic (exact) mass is 206 g/mol. The maximum absolute atomic E-state index is 10.9. The highest BCUT2D eigenvalue weighted by Gasteiger charge is 2.59. The van der Waals surface area contributed by atoms with Gasteiger partial charge in [-0.25, -0.2) is 0 Å². The number of allylic oxidation sites excluding steroid dienone is 2. The van der Waals surface area contributed by atoms with Crippen LogP contribution in [0.2, 0.25) is 0 Å². The number of hydrogen-bond acceptors (Lipinski definition) is 1. The highest BCUT2D eigenvalue weighted by atomic mass is 35.5. The van der Waals surface area contributed by atoms with Gasteiger partial charge in [-0.1, -0.05) is 12.2 Å². The molecule has 0 unspecified atom stereocenters. The number of hydrogen-bond donors (Lipinski definition) is 1. The molecular formula is C8H8Cl2O2. The van der Waals surface area contributed by atoms with Crippen LogP contribution in [0.1, 0.15) is 6.42 Å². The van der Waals surface area contributed by atoms with Crippen molar-refractivity contribution in [2.75, 3.05) is 0 Å². The van der Waals surface area contributed by atoms with Gasteiger partial charge in [0, 0.05) is 5.92 Å². The van der Waals surface area contributed by atoms with E-state index in [1.807, 2.05) is 12.2 Å². The van der Waals surface area contributed by atoms with E-state index in [-0.39, 0.29) is 11.8 Å². The molecule has 1 saturated carbocycles. The van der Waals surface area contributed by atoms with Crippen LogP contribution in [0.4, 0.5) is 0 Å². The molecule has 2 rings (SSSR count). The van der Waals surface area contributed by atoms with Crippen LogP contribution in [0.15, 0.2) is 12.2 Å². The smallest absolute Gasteiger partial charge is 0.326 e. The molecule has 0 amide bonds. The lowest BCUT2D eigenvalue weighted by Gasteiger charge is -2.27. The van der Waals surface area contributed by atoms with Crippen LogP contribution in [0.25, 0.3) is 0 Å². The Balaban J connectivity index is 2.39. The highest BCUT2D eigenvalue weighted by molar-refractivity contribution is 6.41. The van der Waals surface area contributed by atoms with E-state index in [0.29, 0.717) is 0 Å². The molecule has 12 heavy (non-hydrogen) atoms. The van der Waals surface area contributed by atoms with Gasteiger partial charge in [0.15, 0.2) is 4.87 Å². The minimum Gasteiger partial charge on any atom is -0.480 e. The van der Waals surface area contributed by atoms with Crippen molar-refractivity contribution in [3.05, 3.63) is 12.2 Å². The maximum Gasteiger partial charge on any atom is 0.326 e. The number of aliphatic carboxylic acids is 1. The third kappa shape index (κ3) is 0.798. The molecule has 2 aliphatic carbocycles. The fourth-order valence-electron chi connectivity index (χ4n) is 2.05. The van der Waals surface area contributed by atoms with Crippen LogP contribution in [-0.2, 0) is 4.79 Å². The number of fused-ring (bicyclic) bond motifs is 2. The number of halogens is 2. The summed E-state index contributed by atoms with van der Waals surface area (Å²) < 4.78 is 0. The molecule has 0 aromatic rings. The summed E-state index contributed by atoms with van der Waals surface area (Å²) in [5.41, 5.74) is 0. The van der Waals surface area contributed by atoms with E-state index in [9.17, 15) is 4.79 Å². The fourth-order valence-corrected chi connectivity index (χ4v) is 2.81. The minimum absolute atomic E-state index is 0.0934. The lowest BCUT2D eigenvalue weighted by Crippen LogP contribution is -2.44. The fraction of sp³-hybridized carbons (Fsp3) is 0.625. The molecule has 2 aliphatic rings. The molecule has 0 heterocycles. The Morgan fingerprint density at radius 1 is 1.58 bits per heavy atom. The van der Waals surface area contributed by atoms with Crippen LogP contribution >= 0.6 is 23.2 Å². The molecule has 1 fully saturated rings. The summed E-state index contributed by atoms with van der Waals surface area (Å²) in [5, 5.41) is 8.45. The van der Waals surface area contributed by atoms with E-state index in [0.717, 1.165) is 6.42 Å². The predicted molar refractivity (Wildman–Crippen MR) is 46.6 cm³/mol. The number of carboxylic acid groups (broad SMARTS) is 1. The van der Waals surface area contributed by atoms with Crippen molar-refractivity contribution in [3.8, 4) is 0 Å². The Morgan fingerprint density at radius 2 is 2.25 bits per heavy atom. The first-order chi connectivity index (χ1) is 5.56. The first-order valence-corrected chi connectivity index (χ1v) is 4.63. The summed E-state index contributed by atoms with van der Waals surface area (Å²) in [7, 11) is 0. The van der Waals surface area contributed by atoms with Crippen molar-refractivity contribution in [1.29, 1.82) is 0 Å². The second kappa shape index (κ2) is 2.39. The molecule has 0 radical (unpaired) electrons. The van der Waals surface area contributed by atoms with E-state index in [4.69, 9.17) is 28.3 Å². The van der Waals surface area contributed by atoms with Gasteiger partial charge in [0.25, 0.3) is 0 Å². The molecule has 2 bridgehead atoms. The van der Waals surface area contributed by atoms with Gasteiger partial charge in [-0.15, -0.1) is 23.2 Å². The standard InChI is InChI=1S/C8H8Cl2O2/c9-6-4-1-2-5(3-4)8(6,10)7(11)12/h1-2,4-6H,3H2,(H,11,12)/t4-,5+,6-,8+/m0/s1. The van der Waals surface area contributed by atoms with Gasteiger partial charge in [0.05, 0.1) is 5.38 Å². The second-order valence-electron chi connectivity index (χ2n) is 3.37. The van der Waals surface area contributed by atoms with Crippen LogP contribution in [0.5, 0.6) is 0 Å². The highest BCUT2D eigenvalue weighted by Crippen LogP contribution is 2.52. The number of carbonyl (C=O) groups is 1. The maximum atomic E-state index is 10.9. The van der Waals surface area contributed by atoms with Gasteiger partial charge in [-0.3, -0.25) is 4.79 Å². The zero-order valence-corrected chi connectivity index (χ0v) is 7.72. The first-order valence-electron chi connectivity index (χ1n) is 3.81. The van der Waals surface area contributed by atoms with Crippen molar-refractivity contribution < 1.29 is 9.90 Å². The van der Waals surface area contributed by atoms with Gasteiger partial charge in [-0.2, -0.15) is 0 Å². The van der Waals surface area contributed by atoms with Crippen molar-refractivity contribution in [1.82, 2.24) is 0 Å². The van der Waals surface area contributed by atoms with Gasteiger partial charge in [0.1, 0.15) is 0 Å². The summed E-state index contributed by atoms with van der Waals surface area (Å²) in [6, 6.07) is 0. The zero-order chi connectivity index (χ0) is 8.93. The largest absolute Gasteiger partial charge is 0.480 e. The van der Waals surface area contributed by atoms with E-state index in [1.165, 1.54) is 0 Å². The average molecular weight is 207 g/mol. The summed E-state index contributed by atoms with van der Waals surface area (Å²) in [4.78, 5) is 9.61. The van der Waals surface area contributed by atoms with E-state index >= 15 is 0 Å². The molecule has 0 saturated heterocycles. The lowest BCUT2D eigenvalue weighted by molar-refractivity contribution is -0.140. The van der Waals surface area contributed by atoms with Crippen molar-refractivity contribution in [3.63, 3.8) is 0 Å². The van der Waals surface area contributed by atoms with Gasteiger partial charge in [0.2, 0.25) is 0 Å². The number of rotatable bonds is 1. The van der Waals surface area contributed by atoms with Crippen LogP contribution in [0, 0.1) is 11.8 Å². The normalized spacial score (nSPS) is 50.0. The summed E-state index contributed by atoms with van der Waals surface area (Å²) in [6.45, 7) is 0. The molecule has 4 atom stereocenters. The minimum atomic E-state index is -1.26. The van der Waals surface area contributed by atoms with Gasteiger partial charge >= 0.3 is 5.97 Å². The first kappa shape index (κ1) is 8.39. The van der Waals surface area contributed by atoms with Crippen LogP contribution in [-0.4, -0.2) is 21.3 Å². The molecule has 0 aromatic carbocycles. The predicted octanol–water partition coefficient (Wildman–Crippen LogP) is 1.86. The Morgan fingerprint density at radius 3 is 2.58 bits per heavy atom. The third-order valence-corrected chi connectivity index (χ3v) is 4.22. The quantitative estimate of drug-likeness (QED) is 0.526. The molecule has 0 spiro atoms. The van der Waals surface area contributed by atoms with Crippen LogP contribution in [0.3, 0.4) is 0 Å². The molecule has 2 nitrogen and oxygen atoms in total. The third-order valence-electron chi connectivity index (χ3n) is 2.76. The molecular weight excluding hydrogens is 199 g/mol. The molecule has 1 N–H and O–H groups in total. The lowest BCUT2D eigenvalue weighted by atomic mass is 9.92. The summed E-state index contributed by atoms with van der Waals surface area (Å²) in [6.07, 6.45) is 4.61. The van der Waals surface area contributed by atoms with Crippen molar-refractivity contribution in [2.45, 2.75) is 16.7 Å². The Kier molecular flexibility index (Phi) is 1.67. The number of alkyl halides is 2. The topological polar surface area (TPSA) is 37.3 Å². The molecule has 0 aliphatic heterocycles. The van der Waals surface area contributed by atoms with E-state index < -0.39 is 16.2 Å². The second-order valence-corrected chi connectivity index (χ2v) is 4.46. The number of carboxylic acids is 1. The van der Waals surface area contributed by atoms with Gasteiger partial charge < -0.3 is 5.11 Å². The SMILES string of the molecule is O=C(O)[C@@]1(Cl)[C@@H]2C=C[C@@H](C2)[C@@H]1Cl. The molecule has 0 aromatic heterocycles. The van der Waals surface area contributed by atoms with E-state index in [1.54, 1.807) is 0 Å². The van der Waals surface area contributed by atoms with Gasteiger partial charge in [-0.05, 0) is 12.3 Å². The van der Waals surface area contributed by atoms with Crippen LogP contribution < -0.4 is 0 Å². The van der Waals surface area contributed by atoms with Crippen molar-refractivity contribution in [2.24, 2.45) is 11.8 Å².